The van der Waals surface area contributed by atoms with Crippen LogP contribution in [0.2, 0.25) is 0 Å². The summed E-state index contributed by atoms with van der Waals surface area (Å²) in [5.41, 5.74) is 1.10. The minimum atomic E-state index is -0.223. The molecule has 1 aromatic heterocycles. The first-order valence-electron chi connectivity index (χ1n) is 10.3. The average molecular weight is 410 g/mol. The number of hydrogen-bond donors (Lipinski definition) is 1. The fourth-order valence-electron chi connectivity index (χ4n) is 4.12. The summed E-state index contributed by atoms with van der Waals surface area (Å²) < 4.78 is 7.33. The molecular weight excluding hydrogens is 384 g/mol. The van der Waals surface area contributed by atoms with Gasteiger partial charge in [-0.3, -0.25) is 14.4 Å². The number of aromatic nitrogens is 2. The predicted molar refractivity (Wildman–Crippen MR) is 110 cm³/mol. The Morgan fingerprint density at radius 2 is 2.07 bits per heavy atom. The Balaban J connectivity index is 1.34. The van der Waals surface area contributed by atoms with Crippen molar-refractivity contribution in [3.63, 3.8) is 0 Å². The molecule has 1 atom stereocenters. The number of anilines is 1. The number of likely N-dealkylation sites (tertiary alicyclic amines) is 1. The lowest BCUT2D eigenvalue weighted by Crippen LogP contribution is -2.43. The van der Waals surface area contributed by atoms with Crippen molar-refractivity contribution >= 4 is 23.3 Å². The molecule has 30 heavy (non-hydrogen) atoms. The van der Waals surface area contributed by atoms with E-state index in [1.807, 2.05) is 29.5 Å². The summed E-state index contributed by atoms with van der Waals surface area (Å²) in [6, 6.07) is 5.15. The molecule has 8 heteroatoms. The highest BCUT2D eigenvalue weighted by Crippen LogP contribution is 2.31. The minimum absolute atomic E-state index is 0.00831. The Morgan fingerprint density at radius 3 is 2.77 bits per heavy atom. The van der Waals surface area contributed by atoms with E-state index in [1.54, 1.807) is 24.4 Å². The fourth-order valence-corrected chi connectivity index (χ4v) is 4.12. The maximum Gasteiger partial charge on any atom is 0.262 e. The Hall–Kier alpha value is -3.16. The molecule has 2 aliphatic rings. The van der Waals surface area contributed by atoms with E-state index in [2.05, 4.69) is 10.3 Å². The van der Waals surface area contributed by atoms with Crippen molar-refractivity contribution < 1.29 is 19.1 Å². The summed E-state index contributed by atoms with van der Waals surface area (Å²) in [7, 11) is 0. The molecule has 3 heterocycles. The molecule has 1 N–H and O–H groups in total. The van der Waals surface area contributed by atoms with Gasteiger partial charge >= 0.3 is 0 Å². The number of carbonyl (C=O) groups excluding carboxylic acids is 3. The lowest BCUT2D eigenvalue weighted by molar-refractivity contribution is -0.136. The van der Waals surface area contributed by atoms with Crippen LogP contribution in [0.4, 0.5) is 5.69 Å². The number of nitrogens with zero attached hydrogens (tertiary/aromatic N) is 3. The van der Waals surface area contributed by atoms with Gasteiger partial charge in [-0.05, 0) is 38.0 Å². The molecule has 158 valence electrons. The number of fused-ring (bicyclic) bond motifs is 1. The predicted octanol–water partition coefficient (Wildman–Crippen LogP) is 2.28. The molecule has 2 aliphatic heterocycles. The van der Waals surface area contributed by atoms with Crippen LogP contribution in [-0.2, 0) is 16.1 Å². The van der Waals surface area contributed by atoms with Crippen LogP contribution in [-0.4, -0.2) is 51.7 Å². The number of benzene rings is 1. The fraction of sp³-hybridized carbons (Fsp3) is 0.455. The highest BCUT2D eigenvalue weighted by molar-refractivity contribution is 6.01. The minimum Gasteiger partial charge on any atom is -0.482 e. The number of aryl methyl sites for hydroxylation is 1. The topological polar surface area (TPSA) is 93.5 Å². The first-order chi connectivity index (χ1) is 14.4. The number of carbonyl (C=O) groups is 3. The zero-order valence-electron chi connectivity index (χ0n) is 17.3. The Labute approximate surface area is 175 Å². The average Bonchev–Trinajstić information content (AvgIpc) is 3.16. The van der Waals surface area contributed by atoms with E-state index >= 15 is 0 Å². The van der Waals surface area contributed by atoms with Crippen molar-refractivity contribution in [2.45, 2.75) is 33.2 Å². The number of imidazole rings is 1. The summed E-state index contributed by atoms with van der Waals surface area (Å²) in [5, 5.41) is 2.74. The molecule has 2 amide bonds. The Kier molecular flexibility index (Phi) is 5.57. The van der Waals surface area contributed by atoms with E-state index in [4.69, 9.17) is 4.74 Å². The number of amides is 2. The van der Waals surface area contributed by atoms with Crippen LogP contribution in [0.3, 0.4) is 0 Å². The van der Waals surface area contributed by atoms with Crippen LogP contribution in [0, 0.1) is 18.8 Å². The summed E-state index contributed by atoms with van der Waals surface area (Å²) in [4.78, 5) is 43.4. The maximum atomic E-state index is 13.0. The smallest absolute Gasteiger partial charge is 0.262 e. The molecule has 1 aromatic carbocycles. The first-order valence-corrected chi connectivity index (χ1v) is 10.3. The number of rotatable bonds is 5. The summed E-state index contributed by atoms with van der Waals surface area (Å²) in [6.45, 7) is 5.60. The van der Waals surface area contributed by atoms with Crippen molar-refractivity contribution in [2.75, 3.05) is 25.0 Å². The van der Waals surface area contributed by atoms with Gasteiger partial charge in [-0.2, -0.15) is 0 Å². The number of hydrogen-bond acceptors (Lipinski definition) is 5. The summed E-state index contributed by atoms with van der Waals surface area (Å²) in [6.07, 6.45) is 4.90. The molecule has 0 spiro atoms. The highest BCUT2D eigenvalue weighted by atomic mass is 16.5. The Bertz CT molecular complexity index is 975. The van der Waals surface area contributed by atoms with Gasteiger partial charge in [-0.15, -0.1) is 0 Å². The molecule has 2 aromatic rings. The van der Waals surface area contributed by atoms with Crippen molar-refractivity contribution in [1.29, 1.82) is 0 Å². The van der Waals surface area contributed by atoms with Gasteiger partial charge in [-0.1, -0.05) is 6.92 Å². The normalized spacial score (nSPS) is 17.7. The first kappa shape index (κ1) is 20.1. The van der Waals surface area contributed by atoms with Gasteiger partial charge < -0.3 is 19.5 Å². The summed E-state index contributed by atoms with van der Waals surface area (Å²) in [5.74, 6) is 1.14. The second kappa shape index (κ2) is 8.30. The quantitative estimate of drug-likeness (QED) is 0.764. The van der Waals surface area contributed by atoms with E-state index in [9.17, 15) is 14.4 Å². The molecule has 0 radical (unpaired) electrons. The molecule has 1 saturated heterocycles. The van der Waals surface area contributed by atoms with E-state index in [0.717, 1.165) is 5.82 Å². The zero-order valence-corrected chi connectivity index (χ0v) is 17.3. The molecule has 0 bridgehead atoms. The Morgan fingerprint density at radius 1 is 1.30 bits per heavy atom. The zero-order chi connectivity index (χ0) is 21.3. The number of ketones is 1. The van der Waals surface area contributed by atoms with Crippen LogP contribution in [0.1, 0.15) is 35.9 Å². The van der Waals surface area contributed by atoms with E-state index in [1.165, 1.54) is 0 Å². The molecule has 0 aliphatic carbocycles. The van der Waals surface area contributed by atoms with Crippen molar-refractivity contribution in [2.24, 2.45) is 11.8 Å². The van der Waals surface area contributed by atoms with E-state index < -0.39 is 0 Å². The van der Waals surface area contributed by atoms with Gasteiger partial charge in [-0.25, -0.2) is 4.98 Å². The van der Waals surface area contributed by atoms with Gasteiger partial charge in [0.05, 0.1) is 11.6 Å². The van der Waals surface area contributed by atoms with Gasteiger partial charge in [0.2, 0.25) is 5.91 Å². The third-order valence-corrected chi connectivity index (χ3v) is 5.89. The molecule has 1 fully saturated rings. The van der Waals surface area contributed by atoms with E-state index in [0.29, 0.717) is 49.5 Å². The SMILES string of the molecule is Cc1nccn1CC(C)C(=O)N1CCC(C(=O)c2ccc3c(c2)NC(=O)CO3)CC1. The molecule has 8 nitrogen and oxygen atoms in total. The van der Waals surface area contributed by atoms with Gasteiger partial charge in [0.15, 0.2) is 12.4 Å². The second-order valence-corrected chi connectivity index (χ2v) is 8.04. The third-order valence-electron chi connectivity index (χ3n) is 5.89. The van der Waals surface area contributed by atoms with Gasteiger partial charge in [0, 0.05) is 43.5 Å². The van der Waals surface area contributed by atoms with Crippen LogP contribution < -0.4 is 10.1 Å². The van der Waals surface area contributed by atoms with Crippen molar-refractivity contribution in [3.8, 4) is 5.75 Å². The largest absolute Gasteiger partial charge is 0.482 e. The van der Waals surface area contributed by atoms with Crippen molar-refractivity contribution in [1.82, 2.24) is 14.5 Å². The summed E-state index contributed by atoms with van der Waals surface area (Å²) >= 11 is 0. The monoisotopic (exact) mass is 410 g/mol. The van der Waals surface area contributed by atoms with Crippen molar-refractivity contribution in [3.05, 3.63) is 42.0 Å². The molecule has 0 saturated carbocycles. The third kappa shape index (κ3) is 4.08. The van der Waals surface area contributed by atoms with Gasteiger partial charge in [0.25, 0.3) is 5.91 Å². The number of Topliss-reactive ketones (excluding diaryl/α,β-unsaturated/α-hetero) is 1. The van der Waals surface area contributed by atoms with E-state index in [-0.39, 0.29) is 36.0 Å². The molecule has 4 rings (SSSR count). The van der Waals surface area contributed by atoms with Crippen LogP contribution >= 0.6 is 0 Å². The van der Waals surface area contributed by atoms with Crippen LogP contribution in [0.5, 0.6) is 5.75 Å². The molecule has 1 unspecified atom stereocenters. The lowest BCUT2D eigenvalue weighted by atomic mass is 9.88. The second-order valence-electron chi connectivity index (χ2n) is 8.04. The lowest BCUT2D eigenvalue weighted by Gasteiger charge is -2.33. The number of nitrogens with one attached hydrogen (secondary N) is 1. The molecular formula is C22H26N4O4. The number of ether oxygens (including phenoxy) is 1. The van der Waals surface area contributed by atoms with Gasteiger partial charge in [0.1, 0.15) is 11.6 Å². The van der Waals surface area contributed by atoms with Crippen LogP contribution in [0.25, 0.3) is 0 Å². The number of piperidine rings is 1. The maximum absolute atomic E-state index is 13.0. The van der Waals surface area contributed by atoms with Crippen LogP contribution in [0.15, 0.2) is 30.6 Å². The standard InChI is InChI=1S/C22H26N4O4/c1-14(12-26-10-7-23-15(26)2)22(29)25-8-5-16(6-9-25)21(28)17-3-4-19-18(11-17)24-20(27)13-30-19/h3-4,7,10-11,14,16H,5-6,8-9,12-13H2,1-2H3,(H,24,27). The highest BCUT2D eigenvalue weighted by Gasteiger charge is 2.30.